The van der Waals surface area contributed by atoms with Crippen molar-refractivity contribution in [2.24, 2.45) is 5.92 Å². The predicted octanol–water partition coefficient (Wildman–Crippen LogP) is 4.75. The molecular formula is C16H25F2N. The molecule has 1 rings (SSSR count). The van der Waals surface area contributed by atoms with Gasteiger partial charge < -0.3 is 5.32 Å². The summed E-state index contributed by atoms with van der Waals surface area (Å²) in [7, 11) is 0. The zero-order chi connectivity index (χ0) is 14.4. The molecule has 0 aliphatic rings. The molecule has 1 aromatic rings. The SMILES string of the molecule is CCNC(CC(CC)CC)c1c(F)ccc(C)c1F. The maximum Gasteiger partial charge on any atom is 0.133 e. The van der Waals surface area contributed by atoms with Crippen LogP contribution in [-0.2, 0) is 0 Å². The van der Waals surface area contributed by atoms with E-state index in [1.807, 2.05) is 6.92 Å². The van der Waals surface area contributed by atoms with Gasteiger partial charge in [0.05, 0.1) is 0 Å². The minimum atomic E-state index is -0.444. The van der Waals surface area contributed by atoms with Crippen LogP contribution >= 0.6 is 0 Å². The van der Waals surface area contributed by atoms with Crippen LogP contribution in [0.15, 0.2) is 12.1 Å². The number of benzene rings is 1. The summed E-state index contributed by atoms with van der Waals surface area (Å²) in [4.78, 5) is 0. The van der Waals surface area contributed by atoms with Gasteiger partial charge in [0.2, 0.25) is 0 Å². The normalized spacial score (nSPS) is 13.0. The van der Waals surface area contributed by atoms with Crippen molar-refractivity contribution < 1.29 is 8.78 Å². The fourth-order valence-corrected chi connectivity index (χ4v) is 2.50. The Morgan fingerprint density at radius 3 is 2.26 bits per heavy atom. The lowest BCUT2D eigenvalue weighted by atomic mass is 9.90. The standard InChI is InChI=1S/C16H25F2N/c1-5-12(6-2)10-14(19-7-3)15-13(17)9-8-11(4)16(15)18/h8-9,12,14,19H,5-7,10H2,1-4H3. The summed E-state index contributed by atoms with van der Waals surface area (Å²) < 4.78 is 28.2. The average molecular weight is 269 g/mol. The molecule has 0 radical (unpaired) electrons. The lowest BCUT2D eigenvalue weighted by Crippen LogP contribution is -2.25. The first kappa shape index (κ1) is 16.1. The van der Waals surface area contributed by atoms with Gasteiger partial charge in [-0.05, 0) is 37.4 Å². The lowest BCUT2D eigenvalue weighted by Gasteiger charge is -2.24. The lowest BCUT2D eigenvalue weighted by molar-refractivity contribution is 0.358. The molecule has 0 aromatic heterocycles. The van der Waals surface area contributed by atoms with Gasteiger partial charge in [-0.15, -0.1) is 0 Å². The van der Waals surface area contributed by atoms with Gasteiger partial charge in [0.15, 0.2) is 0 Å². The summed E-state index contributed by atoms with van der Waals surface area (Å²) in [5.74, 6) is -0.361. The minimum Gasteiger partial charge on any atom is -0.310 e. The third-order valence-electron chi connectivity index (χ3n) is 3.84. The van der Waals surface area contributed by atoms with E-state index >= 15 is 0 Å². The Morgan fingerprint density at radius 1 is 1.11 bits per heavy atom. The molecular weight excluding hydrogens is 244 g/mol. The molecule has 1 atom stereocenters. The monoisotopic (exact) mass is 269 g/mol. The average Bonchev–Trinajstić information content (AvgIpc) is 2.40. The highest BCUT2D eigenvalue weighted by Crippen LogP contribution is 2.30. The van der Waals surface area contributed by atoms with Crippen molar-refractivity contribution in [2.75, 3.05) is 6.54 Å². The van der Waals surface area contributed by atoms with E-state index in [1.54, 1.807) is 6.92 Å². The molecule has 0 heterocycles. The molecule has 0 saturated carbocycles. The Morgan fingerprint density at radius 2 is 1.74 bits per heavy atom. The highest BCUT2D eigenvalue weighted by molar-refractivity contribution is 5.29. The largest absolute Gasteiger partial charge is 0.310 e. The third kappa shape index (κ3) is 4.00. The highest BCUT2D eigenvalue weighted by Gasteiger charge is 2.23. The summed E-state index contributed by atoms with van der Waals surface area (Å²) >= 11 is 0. The molecule has 0 bridgehead atoms. The van der Waals surface area contributed by atoms with Gasteiger partial charge in [-0.3, -0.25) is 0 Å². The molecule has 19 heavy (non-hydrogen) atoms. The van der Waals surface area contributed by atoms with Gasteiger partial charge in [0, 0.05) is 11.6 Å². The van der Waals surface area contributed by atoms with Crippen molar-refractivity contribution in [1.82, 2.24) is 5.32 Å². The second-order valence-electron chi connectivity index (χ2n) is 5.12. The summed E-state index contributed by atoms with van der Waals surface area (Å²) in [5, 5.41) is 3.23. The van der Waals surface area contributed by atoms with Crippen molar-refractivity contribution in [3.8, 4) is 0 Å². The van der Waals surface area contributed by atoms with Gasteiger partial charge >= 0.3 is 0 Å². The van der Waals surface area contributed by atoms with Gasteiger partial charge in [-0.1, -0.05) is 39.7 Å². The number of nitrogens with one attached hydrogen (secondary N) is 1. The molecule has 108 valence electrons. The van der Waals surface area contributed by atoms with Crippen LogP contribution in [0.4, 0.5) is 8.78 Å². The molecule has 1 unspecified atom stereocenters. The van der Waals surface area contributed by atoms with E-state index in [0.29, 0.717) is 18.0 Å². The molecule has 0 aliphatic heterocycles. The first-order chi connectivity index (χ1) is 9.04. The van der Waals surface area contributed by atoms with Gasteiger partial charge in [0.1, 0.15) is 11.6 Å². The first-order valence-electron chi connectivity index (χ1n) is 7.22. The molecule has 1 aromatic carbocycles. The fourth-order valence-electron chi connectivity index (χ4n) is 2.50. The second-order valence-corrected chi connectivity index (χ2v) is 5.12. The molecule has 0 spiro atoms. The predicted molar refractivity (Wildman–Crippen MR) is 76.2 cm³/mol. The summed E-state index contributed by atoms with van der Waals surface area (Å²) in [6, 6.07) is 2.62. The van der Waals surface area contributed by atoms with Gasteiger partial charge in [0.25, 0.3) is 0 Å². The Bertz CT molecular complexity index is 400. The molecule has 3 heteroatoms. The third-order valence-corrected chi connectivity index (χ3v) is 3.84. The van der Waals surface area contributed by atoms with Crippen LogP contribution in [0.1, 0.15) is 57.2 Å². The summed E-state index contributed by atoms with van der Waals surface area (Å²) in [6.07, 6.45) is 2.85. The molecule has 1 N–H and O–H groups in total. The quantitative estimate of drug-likeness (QED) is 0.753. The van der Waals surface area contributed by atoms with E-state index in [9.17, 15) is 8.78 Å². The maximum atomic E-state index is 14.2. The molecule has 0 fully saturated rings. The van der Waals surface area contributed by atoms with E-state index in [1.165, 1.54) is 12.1 Å². The smallest absolute Gasteiger partial charge is 0.133 e. The number of aryl methyl sites for hydroxylation is 1. The van der Waals surface area contributed by atoms with E-state index in [2.05, 4.69) is 19.2 Å². The van der Waals surface area contributed by atoms with Crippen LogP contribution in [0, 0.1) is 24.5 Å². The van der Waals surface area contributed by atoms with Crippen molar-refractivity contribution in [1.29, 1.82) is 0 Å². The van der Waals surface area contributed by atoms with Crippen molar-refractivity contribution in [3.05, 3.63) is 34.9 Å². The summed E-state index contributed by atoms with van der Waals surface area (Å²) in [6.45, 7) is 8.60. The number of hydrogen-bond acceptors (Lipinski definition) is 1. The second kappa shape index (κ2) is 7.59. The van der Waals surface area contributed by atoms with Gasteiger partial charge in [-0.2, -0.15) is 0 Å². The minimum absolute atomic E-state index is 0.203. The van der Waals surface area contributed by atoms with E-state index in [4.69, 9.17) is 0 Å². The van der Waals surface area contributed by atoms with E-state index in [0.717, 1.165) is 19.3 Å². The Labute approximate surface area is 115 Å². The zero-order valence-electron chi connectivity index (χ0n) is 12.4. The van der Waals surface area contributed by atoms with Crippen molar-refractivity contribution in [3.63, 3.8) is 0 Å². The van der Waals surface area contributed by atoms with Crippen LogP contribution in [0.3, 0.4) is 0 Å². The fraction of sp³-hybridized carbons (Fsp3) is 0.625. The number of rotatable bonds is 7. The van der Waals surface area contributed by atoms with Crippen LogP contribution in [0.2, 0.25) is 0 Å². The Kier molecular flexibility index (Phi) is 6.43. The van der Waals surface area contributed by atoms with Crippen LogP contribution < -0.4 is 5.32 Å². The van der Waals surface area contributed by atoms with Crippen LogP contribution in [0.25, 0.3) is 0 Å². The number of hydrogen-bond donors (Lipinski definition) is 1. The van der Waals surface area contributed by atoms with Crippen LogP contribution in [0.5, 0.6) is 0 Å². The van der Waals surface area contributed by atoms with Crippen molar-refractivity contribution >= 4 is 0 Å². The Hall–Kier alpha value is -0.960. The topological polar surface area (TPSA) is 12.0 Å². The highest BCUT2D eigenvalue weighted by atomic mass is 19.1. The first-order valence-corrected chi connectivity index (χ1v) is 7.22. The van der Waals surface area contributed by atoms with E-state index < -0.39 is 11.6 Å². The summed E-state index contributed by atoms with van der Waals surface area (Å²) in [5.41, 5.74) is 0.706. The Balaban J connectivity index is 3.08. The molecule has 0 saturated heterocycles. The molecule has 0 aliphatic carbocycles. The molecule has 1 nitrogen and oxygen atoms in total. The maximum absolute atomic E-state index is 14.2. The van der Waals surface area contributed by atoms with Gasteiger partial charge in [-0.25, -0.2) is 8.78 Å². The van der Waals surface area contributed by atoms with Crippen LogP contribution in [-0.4, -0.2) is 6.54 Å². The van der Waals surface area contributed by atoms with E-state index in [-0.39, 0.29) is 11.6 Å². The zero-order valence-corrected chi connectivity index (χ0v) is 12.4. The number of halogens is 2. The van der Waals surface area contributed by atoms with Crippen molar-refractivity contribution in [2.45, 2.75) is 53.0 Å². The molecule has 0 amide bonds.